The summed E-state index contributed by atoms with van der Waals surface area (Å²) in [5.74, 6) is 0.723. The third-order valence-corrected chi connectivity index (χ3v) is 5.76. The van der Waals surface area contributed by atoms with E-state index in [2.05, 4.69) is 43.1 Å². The summed E-state index contributed by atoms with van der Waals surface area (Å²) in [7, 11) is 4.32. The molecule has 0 saturated carbocycles. The molecule has 2 aliphatic heterocycles. The number of rotatable bonds is 5. The van der Waals surface area contributed by atoms with Crippen LogP contribution in [-0.2, 0) is 4.79 Å². The van der Waals surface area contributed by atoms with Crippen molar-refractivity contribution in [1.82, 2.24) is 15.1 Å². The molecule has 5 nitrogen and oxygen atoms in total. The van der Waals surface area contributed by atoms with Crippen molar-refractivity contribution in [3.8, 4) is 5.75 Å². The van der Waals surface area contributed by atoms with Crippen LogP contribution >= 0.6 is 0 Å². The molecule has 0 aliphatic carbocycles. The van der Waals surface area contributed by atoms with Crippen molar-refractivity contribution in [3.05, 3.63) is 29.8 Å². The summed E-state index contributed by atoms with van der Waals surface area (Å²) in [6.45, 7) is 7.73. The number of likely N-dealkylation sites (tertiary alicyclic amines) is 1. The van der Waals surface area contributed by atoms with Crippen LogP contribution in [0.5, 0.6) is 5.75 Å². The normalized spacial score (nSPS) is 21.9. The number of carbonyl (C=O) groups is 1. The van der Waals surface area contributed by atoms with E-state index in [1.54, 1.807) is 0 Å². The second-order valence-electron chi connectivity index (χ2n) is 8.11. The molecule has 0 bridgehead atoms. The van der Waals surface area contributed by atoms with Crippen molar-refractivity contribution < 1.29 is 9.53 Å². The van der Waals surface area contributed by atoms with E-state index in [4.69, 9.17) is 4.74 Å². The number of para-hydroxylation sites is 1. The Hall–Kier alpha value is -1.59. The zero-order valence-corrected chi connectivity index (χ0v) is 15.9. The lowest BCUT2D eigenvalue weighted by Gasteiger charge is -2.44. The maximum atomic E-state index is 12.7. The molecule has 1 amide bonds. The molecule has 1 N–H and O–H groups in total. The van der Waals surface area contributed by atoms with Crippen LogP contribution in [0.2, 0.25) is 0 Å². The zero-order valence-electron chi connectivity index (χ0n) is 15.9. The van der Waals surface area contributed by atoms with Crippen molar-refractivity contribution in [3.63, 3.8) is 0 Å². The SMILES string of the molecule is CN(C)C1CCN(C(C)(C)CNC(=O)C2COc3ccccc32)CC1. The van der Waals surface area contributed by atoms with E-state index in [1.165, 1.54) is 12.8 Å². The number of hydrogen-bond donors (Lipinski definition) is 1. The van der Waals surface area contributed by atoms with Gasteiger partial charge < -0.3 is 15.0 Å². The van der Waals surface area contributed by atoms with Crippen LogP contribution in [0.3, 0.4) is 0 Å². The van der Waals surface area contributed by atoms with E-state index in [9.17, 15) is 4.79 Å². The van der Waals surface area contributed by atoms with Crippen LogP contribution in [0.4, 0.5) is 0 Å². The molecule has 138 valence electrons. The predicted molar refractivity (Wildman–Crippen MR) is 100 cm³/mol. The van der Waals surface area contributed by atoms with Gasteiger partial charge in [-0.05, 0) is 46.9 Å². The summed E-state index contributed by atoms with van der Waals surface area (Å²) in [4.78, 5) is 17.5. The van der Waals surface area contributed by atoms with Crippen LogP contribution in [0.15, 0.2) is 24.3 Å². The summed E-state index contributed by atoms with van der Waals surface area (Å²) in [5, 5.41) is 3.17. The summed E-state index contributed by atoms with van der Waals surface area (Å²) < 4.78 is 5.64. The van der Waals surface area contributed by atoms with E-state index in [-0.39, 0.29) is 17.4 Å². The predicted octanol–water partition coefficient (Wildman–Crippen LogP) is 2.08. The molecule has 1 unspecified atom stereocenters. The first-order valence-electron chi connectivity index (χ1n) is 9.29. The number of nitrogens with one attached hydrogen (secondary N) is 1. The van der Waals surface area contributed by atoms with Gasteiger partial charge in [-0.1, -0.05) is 18.2 Å². The van der Waals surface area contributed by atoms with Crippen LogP contribution < -0.4 is 10.1 Å². The standard InChI is InChI=1S/C20H31N3O2/c1-20(2,23-11-9-15(10-12-23)22(3)4)14-21-19(24)17-13-25-18-8-6-5-7-16(17)18/h5-8,15,17H,9-14H2,1-4H3,(H,21,24). The maximum absolute atomic E-state index is 12.7. The van der Waals surface area contributed by atoms with Gasteiger partial charge in [0, 0.05) is 36.8 Å². The second-order valence-corrected chi connectivity index (χ2v) is 8.11. The molecule has 1 fully saturated rings. The van der Waals surface area contributed by atoms with E-state index in [1.807, 2.05) is 24.3 Å². The zero-order chi connectivity index (χ0) is 18.0. The van der Waals surface area contributed by atoms with Gasteiger partial charge in [-0.2, -0.15) is 0 Å². The Balaban J connectivity index is 1.53. The fraction of sp³-hybridized carbons (Fsp3) is 0.650. The monoisotopic (exact) mass is 345 g/mol. The maximum Gasteiger partial charge on any atom is 0.231 e. The Labute approximate surface area is 151 Å². The van der Waals surface area contributed by atoms with Crippen LogP contribution in [0.1, 0.15) is 38.2 Å². The van der Waals surface area contributed by atoms with Crippen molar-refractivity contribution in [2.75, 3.05) is 40.3 Å². The molecule has 25 heavy (non-hydrogen) atoms. The quantitative estimate of drug-likeness (QED) is 0.887. The highest BCUT2D eigenvalue weighted by atomic mass is 16.5. The van der Waals surface area contributed by atoms with Crippen LogP contribution in [0, 0.1) is 0 Å². The molecule has 0 spiro atoms. The lowest BCUT2D eigenvalue weighted by atomic mass is 9.95. The molecule has 0 radical (unpaired) electrons. The lowest BCUT2D eigenvalue weighted by Crippen LogP contribution is -2.56. The van der Waals surface area contributed by atoms with Crippen molar-refractivity contribution in [2.24, 2.45) is 0 Å². The fourth-order valence-corrected chi connectivity index (χ4v) is 3.91. The van der Waals surface area contributed by atoms with E-state index < -0.39 is 0 Å². The van der Waals surface area contributed by atoms with Gasteiger partial charge in [-0.15, -0.1) is 0 Å². The fourth-order valence-electron chi connectivity index (χ4n) is 3.91. The van der Waals surface area contributed by atoms with Crippen LogP contribution in [-0.4, -0.2) is 67.6 Å². The topological polar surface area (TPSA) is 44.8 Å². The summed E-state index contributed by atoms with van der Waals surface area (Å²) >= 11 is 0. The first-order chi connectivity index (χ1) is 11.9. The van der Waals surface area contributed by atoms with Gasteiger partial charge in [-0.3, -0.25) is 9.69 Å². The highest BCUT2D eigenvalue weighted by Crippen LogP contribution is 2.33. The molecule has 1 saturated heterocycles. The van der Waals surface area contributed by atoms with E-state index >= 15 is 0 Å². The van der Waals surface area contributed by atoms with Gasteiger partial charge in [0.15, 0.2) is 0 Å². The molecule has 2 heterocycles. The average molecular weight is 345 g/mol. The average Bonchev–Trinajstić information content (AvgIpc) is 3.04. The largest absolute Gasteiger partial charge is 0.492 e. The second kappa shape index (κ2) is 7.34. The molecular weight excluding hydrogens is 314 g/mol. The van der Waals surface area contributed by atoms with E-state index in [0.29, 0.717) is 19.2 Å². The minimum absolute atomic E-state index is 0.0358. The highest BCUT2D eigenvalue weighted by Gasteiger charge is 2.34. The first kappa shape index (κ1) is 18.2. The van der Waals surface area contributed by atoms with E-state index in [0.717, 1.165) is 24.4 Å². The number of nitrogens with zero attached hydrogens (tertiary/aromatic N) is 2. The molecule has 3 rings (SSSR count). The van der Waals surface area contributed by atoms with Gasteiger partial charge in [0.05, 0.1) is 0 Å². The minimum atomic E-state index is -0.188. The Kier molecular flexibility index (Phi) is 5.35. The van der Waals surface area contributed by atoms with Crippen molar-refractivity contribution in [1.29, 1.82) is 0 Å². The molecule has 5 heteroatoms. The number of hydrogen-bond acceptors (Lipinski definition) is 4. The first-order valence-corrected chi connectivity index (χ1v) is 9.29. The van der Waals surface area contributed by atoms with Gasteiger partial charge in [-0.25, -0.2) is 0 Å². The summed E-state index contributed by atoms with van der Waals surface area (Å²) in [5.41, 5.74) is 0.968. The molecule has 1 aromatic carbocycles. The number of carbonyl (C=O) groups excluding carboxylic acids is 1. The smallest absolute Gasteiger partial charge is 0.231 e. The van der Waals surface area contributed by atoms with Gasteiger partial charge in [0.2, 0.25) is 5.91 Å². The summed E-state index contributed by atoms with van der Waals surface area (Å²) in [6.07, 6.45) is 2.38. The Morgan fingerprint density at radius 2 is 1.96 bits per heavy atom. The number of benzene rings is 1. The molecular formula is C20H31N3O2. The third-order valence-electron chi connectivity index (χ3n) is 5.76. The lowest BCUT2D eigenvalue weighted by molar-refractivity contribution is -0.123. The van der Waals surface area contributed by atoms with Crippen LogP contribution in [0.25, 0.3) is 0 Å². The molecule has 2 aliphatic rings. The number of piperidine rings is 1. The summed E-state index contributed by atoms with van der Waals surface area (Å²) in [6, 6.07) is 8.51. The third kappa shape index (κ3) is 3.98. The molecule has 1 aromatic rings. The van der Waals surface area contributed by atoms with Gasteiger partial charge >= 0.3 is 0 Å². The minimum Gasteiger partial charge on any atom is -0.492 e. The Bertz CT molecular complexity index is 607. The highest BCUT2D eigenvalue weighted by molar-refractivity contribution is 5.85. The molecule has 0 aromatic heterocycles. The number of ether oxygens (including phenoxy) is 1. The number of fused-ring (bicyclic) bond motifs is 1. The van der Waals surface area contributed by atoms with Gasteiger partial charge in [0.25, 0.3) is 0 Å². The van der Waals surface area contributed by atoms with Crippen molar-refractivity contribution >= 4 is 5.91 Å². The molecule has 1 atom stereocenters. The Morgan fingerprint density at radius 1 is 1.28 bits per heavy atom. The Morgan fingerprint density at radius 3 is 2.64 bits per heavy atom. The van der Waals surface area contributed by atoms with Gasteiger partial charge in [0.1, 0.15) is 18.3 Å². The van der Waals surface area contributed by atoms with Crippen molar-refractivity contribution in [2.45, 2.75) is 44.2 Å². The number of amides is 1.